The molecular weight excluding hydrogens is 454 g/mol. The van der Waals surface area contributed by atoms with Crippen LogP contribution in [0.4, 0.5) is 5.69 Å². The summed E-state index contributed by atoms with van der Waals surface area (Å²) in [6.45, 7) is 0.346. The molecule has 0 atom stereocenters. The fraction of sp³-hybridized carbons (Fsp3) is 0.0870. The fourth-order valence-corrected chi connectivity index (χ4v) is 3.51. The molecular formula is C23H19BrClNO3. The lowest BCUT2D eigenvalue weighted by Crippen LogP contribution is -1.99. The molecule has 2 N–H and O–H groups in total. The first kappa shape index (κ1) is 21.0. The minimum Gasteiger partial charge on any atom is -0.493 e. The van der Waals surface area contributed by atoms with Crippen LogP contribution >= 0.6 is 27.5 Å². The van der Waals surface area contributed by atoms with Crippen molar-refractivity contribution in [2.45, 2.75) is 6.61 Å². The number of ketones is 1. The van der Waals surface area contributed by atoms with Crippen LogP contribution < -0.4 is 15.2 Å². The van der Waals surface area contributed by atoms with E-state index in [9.17, 15) is 4.79 Å². The topological polar surface area (TPSA) is 61.5 Å². The van der Waals surface area contributed by atoms with Crippen molar-refractivity contribution in [1.29, 1.82) is 0 Å². The molecule has 0 saturated heterocycles. The Kier molecular flexibility index (Phi) is 6.96. The van der Waals surface area contributed by atoms with Crippen molar-refractivity contribution in [3.63, 3.8) is 0 Å². The fourth-order valence-electron chi connectivity index (χ4n) is 2.72. The molecule has 3 aromatic carbocycles. The number of nitrogens with two attached hydrogens (primary N) is 1. The quantitative estimate of drug-likeness (QED) is 0.254. The van der Waals surface area contributed by atoms with Gasteiger partial charge < -0.3 is 15.2 Å². The predicted molar refractivity (Wildman–Crippen MR) is 121 cm³/mol. The maximum atomic E-state index is 12.3. The molecule has 0 fully saturated rings. The number of hydrogen-bond acceptors (Lipinski definition) is 4. The zero-order valence-corrected chi connectivity index (χ0v) is 18.0. The van der Waals surface area contributed by atoms with Crippen molar-refractivity contribution in [3.05, 3.63) is 92.9 Å². The monoisotopic (exact) mass is 471 g/mol. The number of anilines is 1. The maximum Gasteiger partial charge on any atom is 0.185 e. The van der Waals surface area contributed by atoms with Gasteiger partial charge in [-0.15, -0.1) is 0 Å². The van der Waals surface area contributed by atoms with E-state index in [1.807, 2.05) is 30.3 Å². The van der Waals surface area contributed by atoms with Gasteiger partial charge in [0, 0.05) is 16.3 Å². The summed E-state index contributed by atoms with van der Waals surface area (Å²) in [5, 5.41) is 0.655. The largest absolute Gasteiger partial charge is 0.493 e. The number of carbonyl (C=O) groups excluding carboxylic acids is 1. The average Bonchev–Trinajstić information content (AvgIpc) is 2.70. The molecule has 0 amide bonds. The number of hydrogen-bond donors (Lipinski definition) is 1. The Balaban J connectivity index is 1.78. The maximum absolute atomic E-state index is 12.3. The zero-order valence-electron chi connectivity index (χ0n) is 15.7. The van der Waals surface area contributed by atoms with Crippen LogP contribution in [0, 0.1) is 0 Å². The number of halogens is 2. The van der Waals surface area contributed by atoms with E-state index in [2.05, 4.69) is 15.9 Å². The third kappa shape index (κ3) is 5.62. The summed E-state index contributed by atoms with van der Waals surface area (Å²) >= 11 is 9.54. The molecule has 3 aromatic rings. The van der Waals surface area contributed by atoms with Gasteiger partial charge in [-0.3, -0.25) is 4.79 Å². The van der Waals surface area contributed by atoms with E-state index in [1.54, 1.807) is 43.5 Å². The van der Waals surface area contributed by atoms with Gasteiger partial charge in [0.1, 0.15) is 6.61 Å². The van der Waals surface area contributed by atoms with Gasteiger partial charge in [-0.1, -0.05) is 41.9 Å². The molecule has 0 aromatic heterocycles. The third-order valence-electron chi connectivity index (χ3n) is 4.12. The van der Waals surface area contributed by atoms with Crippen LogP contribution in [0.1, 0.15) is 21.5 Å². The first-order valence-electron chi connectivity index (χ1n) is 8.79. The van der Waals surface area contributed by atoms with Gasteiger partial charge in [-0.05, 0) is 69.5 Å². The summed E-state index contributed by atoms with van der Waals surface area (Å²) in [6.07, 6.45) is 3.22. The molecule has 0 aliphatic rings. The SMILES string of the molecule is COc1cc(/C=C/C(=O)c2cccc(N)c2)cc(Br)c1OCc1cccc(Cl)c1. The molecule has 0 spiro atoms. The van der Waals surface area contributed by atoms with Gasteiger partial charge in [0.05, 0.1) is 11.6 Å². The molecule has 0 saturated carbocycles. The molecule has 0 aliphatic heterocycles. The van der Waals surface area contributed by atoms with Crippen LogP contribution in [0.3, 0.4) is 0 Å². The smallest absolute Gasteiger partial charge is 0.185 e. The molecule has 0 unspecified atom stereocenters. The number of allylic oxidation sites excluding steroid dienone is 1. The highest BCUT2D eigenvalue weighted by Gasteiger charge is 2.12. The Morgan fingerprint density at radius 2 is 1.93 bits per heavy atom. The average molecular weight is 473 g/mol. The van der Waals surface area contributed by atoms with Crippen molar-refractivity contribution in [3.8, 4) is 11.5 Å². The lowest BCUT2D eigenvalue weighted by molar-refractivity contribution is 0.104. The predicted octanol–water partition coefficient (Wildman–Crippen LogP) is 6.17. The molecule has 0 bridgehead atoms. The summed E-state index contributed by atoms with van der Waals surface area (Å²) in [4.78, 5) is 12.3. The number of nitrogen functional groups attached to an aromatic ring is 1. The van der Waals surface area contributed by atoms with E-state index >= 15 is 0 Å². The van der Waals surface area contributed by atoms with Gasteiger partial charge in [0.15, 0.2) is 17.3 Å². The zero-order chi connectivity index (χ0) is 20.8. The number of benzene rings is 3. The van der Waals surface area contributed by atoms with Gasteiger partial charge in [0.2, 0.25) is 0 Å². The van der Waals surface area contributed by atoms with E-state index in [0.717, 1.165) is 15.6 Å². The minimum absolute atomic E-state index is 0.131. The Morgan fingerprint density at radius 3 is 2.66 bits per heavy atom. The Labute approximate surface area is 183 Å². The standard InChI is InChI=1S/C23H19BrClNO3/c1-28-22-12-15(8-9-21(27)17-5-3-7-19(26)13-17)11-20(24)23(22)29-14-16-4-2-6-18(25)10-16/h2-13H,14,26H2,1H3/b9-8+. The molecule has 29 heavy (non-hydrogen) atoms. The van der Waals surface area contributed by atoms with Gasteiger partial charge in [-0.2, -0.15) is 0 Å². The first-order chi connectivity index (χ1) is 14.0. The van der Waals surface area contributed by atoms with E-state index < -0.39 is 0 Å². The van der Waals surface area contributed by atoms with Crippen LogP contribution in [0.15, 0.2) is 71.2 Å². The number of rotatable bonds is 7. The van der Waals surface area contributed by atoms with E-state index in [0.29, 0.717) is 34.4 Å². The van der Waals surface area contributed by atoms with Crippen molar-refractivity contribution in [2.24, 2.45) is 0 Å². The van der Waals surface area contributed by atoms with Gasteiger partial charge >= 0.3 is 0 Å². The molecule has 3 rings (SSSR count). The van der Waals surface area contributed by atoms with Gasteiger partial charge in [-0.25, -0.2) is 0 Å². The summed E-state index contributed by atoms with van der Waals surface area (Å²) in [5.41, 5.74) is 8.56. The van der Waals surface area contributed by atoms with Crippen molar-refractivity contribution >= 4 is 45.1 Å². The number of methoxy groups -OCH3 is 1. The lowest BCUT2D eigenvalue weighted by atomic mass is 10.1. The number of carbonyl (C=O) groups is 1. The molecule has 148 valence electrons. The summed E-state index contributed by atoms with van der Waals surface area (Å²) < 4.78 is 12.1. The highest BCUT2D eigenvalue weighted by atomic mass is 79.9. The van der Waals surface area contributed by atoms with E-state index in [1.165, 1.54) is 6.08 Å². The highest BCUT2D eigenvalue weighted by molar-refractivity contribution is 9.10. The van der Waals surface area contributed by atoms with Crippen LogP contribution in [0.25, 0.3) is 6.08 Å². The van der Waals surface area contributed by atoms with E-state index in [4.69, 9.17) is 26.8 Å². The normalized spacial score (nSPS) is 10.9. The minimum atomic E-state index is -0.131. The molecule has 0 heterocycles. The van der Waals surface area contributed by atoms with E-state index in [-0.39, 0.29) is 5.78 Å². The Hall–Kier alpha value is -2.76. The first-order valence-corrected chi connectivity index (χ1v) is 9.96. The molecule has 4 nitrogen and oxygen atoms in total. The second-order valence-electron chi connectivity index (χ2n) is 6.28. The van der Waals surface area contributed by atoms with Gasteiger partial charge in [0.25, 0.3) is 0 Å². The van der Waals surface area contributed by atoms with Crippen LogP contribution in [-0.4, -0.2) is 12.9 Å². The van der Waals surface area contributed by atoms with Crippen LogP contribution in [-0.2, 0) is 6.61 Å². The lowest BCUT2D eigenvalue weighted by Gasteiger charge is -2.14. The van der Waals surface area contributed by atoms with Crippen molar-refractivity contribution in [2.75, 3.05) is 12.8 Å². The third-order valence-corrected chi connectivity index (χ3v) is 4.95. The van der Waals surface area contributed by atoms with Crippen molar-refractivity contribution in [1.82, 2.24) is 0 Å². The molecule has 0 aliphatic carbocycles. The van der Waals surface area contributed by atoms with Crippen molar-refractivity contribution < 1.29 is 14.3 Å². The second kappa shape index (κ2) is 9.63. The molecule has 6 heteroatoms. The number of ether oxygens (including phenoxy) is 2. The molecule has 0 radical (unpaired) electrons. The van der Waals surface area contributed by atoms with Crippen LogP contribution in [0.5, 0.6) is 11.5 Å². The summed E-state index contributed by atoms with van der Waals surface area (Å²) in [7, 11) is 1.57. The Bertz CT molecular complexity index is 1070. The highest BCUT2D eigenvalue weighted by Crippen LogP contribution is 2.37. The van der Waals surface area contributed by atoms with Crippen LogP contribution in [0.2, 0.25) is 5.02 Å². The summed E-state index contributed by atoms with van der Waals surface area (Å²) in [5.74, 6) is 0.998. The summed E-state index contributed by atoms with van der Waals surface area (Å²) in [6, 6.07) is 18.0. The second-order valence-corrected chi connectivity index (χ2v) is 7.57. The Morgan fingerprint density at radius 1 is 1.14 bits per heavy atom.